The molecule has 0 saturated heterocycles. The molecule has 0 fully saturated rings. The average Bonchev–Trinajstić information content (AvgIpc) is 2.81. The Kier molecular flexibility index (Phi) is 23.9. The van der Waals surface area contributed by atoms with Crippen molar-refractivity contribution in [2.45, 2.75) is 51.1 Å². The maximum atomic E-state index is 10.1. The fourth-order valence-corrected chi connectivity index (χ4v) is 2.69. The topological polar surface area (TPSA) is 140 Å². The first kappa shape index (κ1) is 33.6. The lowest BCUT2D eigenvalue weighted by Gasteiger charge is -2.23. The minimum atomic E-state index is -0.675. The lowest BCUT2D eigenvalue weighted by Crippen LogP contribution is -2.38. The van der Waals surface area contributed by atoms with Crippen LogP contribution in [0.4, 0.5) is 0 Å². The molecule has 0 aromatic carbocycles. The highest BCUT2D eigenvalue weighted by Gasteiger charge is 2.13. The normalized spacial score (nSPS) is 15.5. The van der Waals surface area contributed by atoms with Crippen LogP contribution in [0.2, 0.25) is 0 Å². The quantitative estimate of drug-likeness (QED) is 0.112. The van der Waals surface area contributed by atoms with Crippen LogP contribution in [-0.4, -0.2) is 149 Å². The third-order valence-corrected chi connectivity index (χ3v) is 4.72. The molecule has 4 unspecified atom stereocenters. The number of nitrogens with zero attached hydrogens (tertiary/aromatic N) is 1. The molecule has 0 radical (unpaired) electrons. The van der Waals surface area contributed by atoms with Gasteiger partial charge in [0.1, 0.15) is 0 Å². The summed E-state index contributed by atoms with van der Waals surface area (Å²) in [4.78, 5) is 1.82. The Hall–Kier alpha value is -0.440. The van der Waals surface area contributed by atoms with Gasteiger partial charge in [-0.15, -0.1) is 0 Å². The molecule has 0 rings (SSSR count). The molecule has 11 nitrogen and oxygen atoms in total. The molecule has 0 aliphatic rings. The van der Waals surface area contributed by atoms with Gasteiger partial charge in [-0.2, -0.15) is 0 Å². The van der Waals surface area contributed by atoms with E-state index >= 15 is 0 Å². The van der Waals surface area contributed by atoms with Gasteiger partial charge >= 0.3 is 0 Å². The van der Waals surface area contributed by atoms with Crippen molar-refractivity contribution in [3.63, 3.8) is 0 Å². The summed E-state index contributed by atoms with van der Waals surface area (Å²) in [5.41, 5.74) is 0. The fraction of sp³-hybridized carbons (Fsp3) is 1.00. The Morgan fingerprint density at radius 1 is 0.471 bits per heavy atom. The molecule has 34 heavy (non-hydrogen) atoms. The van der Waals surface area contributed by atoms with Crippen molar-refractivity contribution in [1.82, 2.24) is 4.90 Å². The molecule has 11 heteroatoms. The Bertz CT molecular complexity index is 385. The highest BCUT2D eigenvalue weighted by molar-refractivity contribution is 4.65. The molecule has 0 bridgehead atoms. The summed E-state index contributed by atoms with van der Waals surface area (Å²) in [5, 5.41) is 38.8. The van der Waals surface area contributed by atoms with E-state index < -0.39 is 24.4 Å². The number of likely N-dealkylation sites (N-methyl/N-ethyl adjacent to an activating group) is 1. The highest BCUT2D eigenvalue weighted by atomic mass is 16.6. The van der Waals surface area contributed by atoms with E-state index in [4.69, 9.17) is 28.4 Å². The van der Waals surface area contributed by atoms with Gasteiger partial charge in [0.25, 0.3) is 0 Å². The van der Waals surface area contributed by atoms with Crippen molar-refractivity contribution in [2.24, 2.45) is 0 Å². The maximum absolute atomic E-state index is 10.1. The summed E-state index contributed by atoms with van der Waals surface area (Å²) in [5.74, 6) is 0. The molecule has 0 aromatic rings. The summed E-state index contributed by atoms with van der Waals surface area (Å²) in [6.45, 7) is 8.72. The Morgan fingerprint density at radius 2 is 0.735 bits per heavy atom. The number of hydrogen-bond donors (Lipinski definition) is 4. The third-order valence-electron chi connectivity index (χ3n) is 4.72. The van der Waals surface area contributed by atoms with E-state index in [9.17, 15) is 20.4 Å². The molecule has 0 aromatic heterocycles. The zero-order valence-corrected chi connectivity index (χ0v) is 21.3. The number of hydrogen-bond acceptors (Lipinski definition) is 11. The molecule has 4 atom stereocenters. The van der Waals surface area contributed by atoms with Crippen molar-refractivity contribution in [1.29, 1.82) is 0 Å². The zero-order valence-electron chi connectivity index (χ0n) is 21.3. The van der Waals surface area contributed by atoms with E-state index in [1.54, 1.807) is 0 Å². The third kappa shape index (κ3) is 23.3. The molecule has 0 amide bonds. The summed E-state index contributed by atoms with van der Waals surface area (Å²) < 4.78 is 32.1. The predicted molar refractivity (Wildman–Crippen MR) is 127 cm³/mol. The summed E-state index contributed by atoms with van der Waals surface area (Å²) in [6, 6.07) is 0. The zero-order chi connectivity index (χ0) is 25.4. The number of ether oxygens (including phenoxy) is 6. The van der Waals surface area contributed by atoms with Crippen molar-refractivity contribution in [3.8, 4) is 0 Å². The highest BCUT2D eigenvalue weighted by Crippen LogP contribution is 1.96. The van der Waals surface area contributed by atoms with Crippen molar-refractivity contribution in [3.05, 3.63) is 0 Å². The monoisotopic (exact) mass is 499 g/mol. The van der Waals surface area contributed by atoms with E-state index in [-0.39, 0.29) is 13.2 Å². The SMILES string of the molecule is CCC(O)COCCOCCOCC(O)CN(C)CC(O)COCCOCCOCC(O)CC. The van der Waals surface area contributed by atoms with E-state index in [1.165, 1.54) is 0 Å². The Morgan fingerprint density at radius 3 is 1.03 bits per heavy atom. The summed E-state index contributed by atoms with van der Waals surface area (Å²) in [7, 11) is 1.81. The minimum absolute atomic E-state index is 0.179. The van der Waals surface area contributed by atoms with Gasteiger partial charge in [0.05, 0.1) is 104 Å². The van der Waals surface area contributed by atoms with Crippen LogP contribution < -0.4 is 0 Å². The lowest BCUT2D eigenvalue weighted by atomic mass is 10.3. The van der Waals surface area contributed by atoms with Gasteiger partial charge < -0.3 is 53.7 Å². The smallest absolute Gasteiger partial charge is 0.0900 e. The second-order valence-electron chi connectivity index (χ2n) is 8.18. The summed E-state index contributed by atoms with van der Waals surface area (Å²) in [6.07, 6.45) is -0.882. The van der Waals surface area contributed by atoms with Crippen LogP contribution in [0.1, 0.15) is 26.7 Å². The molecule has 0 heterocycles. The molecule has 0 saturated carbocycles. The van der Waals surface area contributed by atoms with Crippen LogP contribution in [0.5, 0.6) is 0 Å². The van der Waals surface area contributed by atoms with Crippen LogP contribution in [-0.2, 0) is 28.4 Å². The first-order valence-electron chi connectivity index (χ1n) is 12.3. The van der Waals surface area contributed by atoms with Crippen molar-refractivity contribution in [2.75, 3.05) is 99.4 Å². The first-order chi connectivity index (χ1) is 16.4. The first-order valence-corrected chi connectivity index (χ1v) is 12.3. The Balaban J connectivity index is 3.49. The van der Waals surface area contributed by atoms with Crippen molar-refractivity contribution < 1.29 is 48.8 Å². The molecule has 4 N–H and O–H groups in total. The molecule has 0 aliphatic carbocycles. The largest absolute Gasteiger partial charge is 0.391 e. The van der Waals surface area contributed by atoms with Gasteiger partial charge in [-0.1, -0.05) is 13.8 Å². The Labute approximate surface area is 204 Å². The predicted octanol–water partition coefficient (Wildman–Crippen LogP) is -0.719. The molecular formula is C23H49NO10. The second-order valence-corrected chi connectivity index (χ2v) is 8.18. The van der Waals surface area contributed by atoms with Gasteiger partial charge in [-0.05, 0) is 19.9 Å². The lowest BCUT2D eigenvalue weighted by molar-refractivity contribution is -0.0344. The molecule has 0 aliphatic heterocycles. The van der Waals surface area contributed by atoms with Gasteiger partial charge in [0.2, 0.25) is 0 Å². The standard InChI is InChI=1S/C23H49NO10/c1-4-20(25)16-31-10-6-29-8-12-33-18-22(27)14-24(3)15-23(28)19-34-13-9-30-7-11-32-17-21(26)5-2/h20-23,25-28H,4-19H2,1-3H3. The molecular weight excluding hydrogens is 450 g/mol. The van der Waals surface area contributed by atoms with Crippen LogP contribution in [0.3, 0.4) is 0 Å². The van der Waals surface area contributed by atoms with Gasteiger partial charge in [-0.25, -0.2) is 0 Å². The van der Waals surface area contributed by atoms with Crippen LogP contribution >= 0.6 is 0 Å². The number of aliphatic hydroxyl groups is 4. The molecule has 206 valence electrons. The van der Waals surface area contributed by atoms with E-state index in [0.29, 0.717) is 92.0 Å². The molecule has 0 spiro atoms. The van der Waals surface area contributed by atoms with Crippen molar-refractivity contribution >= 4 is 0 Å². The maximum Gasteiger partial charge on any atom is 0.0900 e. The van der Waals surface area contributed by atoms with Crippen LogP contribution in [0.15, 0.2) is 0 Å². The van der Waals surface area contributed by atoms with Gasteiger partial charge in [-0.3, -0.25) is 0 Å². The second kappa shape index (κ2) is 24.3. The number of aliphatic hydroxyl groups excluding tert-OH is 4. The van der Waals surface area contributed by atoms with Crippen LogP contribution in [0.25, 0.3) is 0 Å². The average molecular weight is 500 g/mol. The van der Waals surface area contributed by atoms with Gasteiger partial charge in [0, 0.05) is 13.1 Å². The summed E-state index contributed by atoms with van der Waals surface area (Å²) >= 11 is 0. The van der Waals surface area contributed by atoms with E-state index in [1.807, 2.05) is 25.8 Å². The minimum Gasteiger partial charge on any atom is -0.391 e. The number of rotatable bonds is 26. The van der Waals surface area contributed by atoms with E-state index in [2.05, 4.69) is 0 Å². The fourth-order valence-electron chi connectivity index (χ4n) is 2.69. The van der Waals surface area contributed by atoms with Crippen LogP contribution in [0, 0.1) is 0 Å². The van der Waals surface area contributed by atoms with E-state index in [0.717, 1.165) is 0 Å². The van der Waals surface area contributed by atoms with Gasteiger partial charge in [0.15, 0.2) is 0 Å².